The van der Waals surface area contributed by atoms with Crippen molar-refractivity contribution in [3.63, 3.8) is 0 Å². The minimum atomic E-state index is -4.43. The highest BCUT2D eigenvalue weighted by Crippen LogP contribution is 2.36. The van der Waals surface area contributed by atoms with Crippen molar-refractivity contribution in [1.82, 2.24) is 0 Å². The lowest BCUT2D eigenvalue weighted by Gasteiger charge is -2.38. The van der Waals surface area contributed by atoms with E-state index in [4.69, 9.17) is 4.74 Å². The molecule has 0 spiro atoms. The first-order chi connectivity index (χ1) is 12.8. The maximum Gasteiger partial charge on any atom is 0.422 e. The summed E-state index contributed by atoms with van der Waals surface area (Å²) in [5.41, 5.74) is -0.485. The Labute approximate surface area is 167 Å². The van der Waals surface area contributed by atoms with Crippen LogP contribution < -0.4 is 0 Å². The number of hydrogen-bond donors (Lipinski definition) is 0. The Hall–Kier alpha value is -1.27. The van der Waals surface area contributed by atoms with Crippen molar-refractivity contribution in [2.75, 3.05) is 6.61 Å². The van der Waals surface area contributed by atoms with E-state index in [0.717, 1.165) is 25.7 Å². The Bertz CT molecular complexity index is 481. The minimum Gasteiger partial charge on any atom is -0.459 e. The molecule has 0 saturated heterocycles. The zero-order valence-electron chi connectivity index (χ0n) is 18.2. The van der Waals surface area contributed by atoms with E-state index in [-0.39, 0.29) is 17.0 Å². The topological polar surface area (TPSA) is 52.6 Å². The highest BCUT2D eigenvalue weighted by Gasteiger charge is 2.38. The third-order valence-corrected chi connectivity index (χ3v) is 5.55. The lowest BCUT2D eigenvalue weighted by atomic mass is 9.82. The van der Waals surface area contributed by atoms with Crippen LogP contribution in [0.4, 0.5) is 13.2 Å². The van der Waals surface area contributed by atoms with Crippen LogP contribution in [0.2, 0.25) is 0 Å². The number of alkyl halides is 3. The van der Waals surface area contributed by atoms with Gasteiger partial charge in [-0.15, -0.1) is 0 Å². The maximum absolute atomic E-state index is 12.1. The van der Waals surface area contributed by atoms with Crippen molar-refractivity contribution in [1.29, 1.82) is 0 Å². The first-order valence-corrected chi connectivity index (χ1v) is 10.3. The lowest BCUT2D eigenvalue weighted by molar-refractivity contribution is -0.188. The quantitative estimate of drug-likeness (QED) is 0.468. The Balaban J connectivity index is 0.000000546. The number of hydrogen-bond acceptors (Lipinski definition) is 4. The summed E-state index contributed by atoms with van der Waals surface area (Å²) in [6.07, 6.45) is 3.64. The van der Waals surface area contributed by atoms with Gasteiger partial charge in [0.05, 0.1) is 11.3 Å². The molecule has 1 aliphatic rings. The second kappa shape index (κ2) is 11.7. The van der Waals surface area contributed by atoms with Crippen LogP contribution in [0.25, 0.3) is 0 Å². The smallest absolute Gasteiger partial charge is 0.422 e. The van der Waals surface area contributed by atoms with Gasteiger partial charge < -0.3 is 9.47 Å². The van der Waals surface area contributed by atoms with Gasteiger partial charge in [-0.1, -0.05) is 34.1 Å². The molecular formula is C21H37F3O4. The molecule has 28 heavy (non-hydrogen) atoms. The van der Waals surface area contributed by atoms with Gasteiger partial charge in [-0.3, -0.25) is 9.59 Å². The molecule has 1 atom stereocenters. The fraction of sp³-hybridized carbons (Fsp3) is 0.905. The molecule has 0 heterocycles. The van der Waals surface area contributed by atoms with Crippen LogP contribution in [0.3, 0.4) is 0 Å². The molecule has 0 aromatic heterocycles. The van der Waals surface area contributed by atoms with Crippen LogP contribution in [0.15, 0.2) is 0 Å². The summed E-state index contributed by atoms with van der Waals surface area (Å²) in [6, 6.07) is 0. The van der Waals surface area contributed by atoms with Crippen LogP contribution in [-0.4, -0.2) is 30.3 Å². The first-order valence-electron chi connectivity index (χ1n) is 10.3. The van der Waals surface area contributed by atoms with Crippen LogP contribution >= 0.6 is 0 Å². The SMILES string of the molecule is CCC(C)C(=O)OCC(F)(F)F.CCC1(OC(=O)C(C)(C)CC)CCCCC1. The second-order valence-corrected chi connectivity index (χ2v) is 8.26. The molecule has 4 nitrogen and oxygen atoms in total. The van der Waals surface area contributed by atoms with Crippen molar-refractivity contribution in [3.05, 3.63) is 0 Å². The average Bonchev–Trinajstić information content (AvgIpc) is 2.65. The van der Waals surface area contributed by atoms with Crippen LogP contribution in [0, 0.1) is 11.3 Å². The highest BCUT2D eigenvalue weighted by molar-refractivity contribution is 5.76. The fourth-order valence-electron chi connectivity index (χ4n) is 2.66. The highest BCUT2D eigenvalue weighted by atomic mass is 19.4. The zero-order valence-corrected chi connectivity index (χ0v) is 18.2. The van der Waals surface area contributed by atoms with Crippen LogP contribution in [-0.2, 0) is 19.1 Å². The Kier molecular flexibility index (Phi) is 11.1. The molecule has 0 bridgehead atoms. The summed E-state index contributed by atoms with van der Waals surface area (Å²) in [5.74, 6) is -1.28. The van der Waals surface area contributed by atoms with E-state index in [1.807, 2.05) is 20.8 Å². The molecule has 1 saturated carbocycles. The molecule has 7 heteroatoms. The second-order valence-electron chi connectivity index (χ2n) is 8.26. The summed E-state index contributed by atoms with van der Waals surface area (Å²) < 4.78 is 44.4. The number of ether oxygens (including phenoxy) is 2. The van der Waals surface area contributed by atoms with E-state index in [2.05, 4.69) is 11.7 Å². The predicted octanol–water partition coefficient (Wildman–Crippen LogP) is 6.22. The lowest BCUT2D eigenvalue weighted by Crippen LogP contribution is -2.40. The van der Waals surface area contributed by atoms with Crippen molar-refractivity contribution in [2.45, 2.75) is 105 Å². The van der Waals surface area contributed by atoms with Gasteiger partial charge in [-0.05, 0) is 58.8 Å². The zero-order chi connectivity index (χ0) is 22.0. The Morgan fingerprint density at radius 1 is 1.04 bits per heavy atom. The van der Waals surface area contributed by atoms with Crippen molar-refractivity contribution >= 4 is 11.9 Å². The van der Waals surface area contributed by atoms with Gasteiger partial charge in [0.2, 0.25) is 0 Å². The largest absolute Gasteiger partial charge is 0.459 e. The van der Waals surface area contributed by atoms with E-state index in [1.54, 1.807) is 6.92 Å². The van der Waals surface area contributed by atoms with Gasteiger partial charge in [0.25, 0.3) is 0 Å². The number of esters is 2. The van der Waals surface area contributed by atoms with Crippen molar-refractivity contribution in [2.24, 2.45) is 11.3 Å². The molecule has 1 unspecified atom stereocenters. The standard InChI is InChI=1S/C14H26O2.C7H11F3O2/c1-5-13(3,4)12(15)16-14(6-2)10-8-7-9-11-14;1-3-5(2)6(11)12-4-7(8,9)10/h5-11H2,1-4H3;5H,3-4H2,1-2H3. The molecule has 1 rings (SSSR count). The summed E-state index contributed by atoms with van der Waals surface area (Å²) in [4.78, 5) is 22.8. The number of halogens is 3. The van der Waals surface area contributed by atoms with Gasteiger partial charge in [-0.25, -0.2) is 0 Å². The maximum atomic E-state index is 12.1. The molecule has 0 radical (unpaired) electrons. The van der Waals surface area contributed by atoms with E-state index in [9.17, 15) is 22.8 Å². The van der Waals surface area contributed by atoms with Gasteiger partial charge in [0.1, 0.15) is 5.60 Å². The van der Waals surface area contributed by atoms with E-state index in [1.165, 1.54) is 26.2 Å². The molecule has 0 N–H and O–H groups in total. The Morgan fingerprint density at radius 2 is 1.57 bits per heavy atom. The summed E-state index contributed by atoms with van der Waals surface area (Å²) in [5, 5.41) is 0. The third-order valence-electron chi connectivity index (χ3n) is 5.55. The average molecular weight is 411 g/mol. The Morgan fingerprint density at radius 3 is 1.96 bits per heavy atom. The van der Waals surface area contributed by atoms with Gasteiger partial charge in [0.15, 0.2) is 6.61 Å². The summed E-state index contributed by atoms with van der Waals surface area (Å²) in [7, 11) is 0. The molecule has 0 aliphatic heterocycles. The van der Waals surface area contributed by atoms with E-state index >= 15 is 0 Å². The fourth-order valence-corrected chi connectivity index (χ4v) is 2.66. The molecular weight excluding hydrogens is 373 g/mol. The van der Waals surface area contributed by atoms with Crippen molar-refractivity contribution < 1.29 is 32.2 Å². The van der Waals surface area contributed by atoms with E-state index < -0.39 is 24.7 Å². The molecule has 0 aromatic rings. The number of carbonyl (C=O) groups is 2. The third kappa shape index (κ3) is 9.78. The van der Waals surface area contributed by atoms with Gasteiger partial charge in [-0.2, -0.15) is 13.2 Å². The predicted molar refractivity (Wildman–Crippen MR) is 103 cm³/mol. The number of rotatable bonds is 7. The molecule has 1 aliphatic carbocycles. The minimum absolute atomic E-state index is 0.0150. The summed E-state index contributed by atoms with van der Waals surface area (Å²) >= 11 is 0. The first kappa shape index (κ1) is 26.7. The summed E-state index contributed by atoms with van der Waals surface area (Å²) in [6.45, 7) is 9.87. The number of carbonyl (C=O) groups excluding carboxylic acids is 2. The van der Waals surface area contributed by atoms with E-state index in [0.29, 0.717) is 6.42 Å². The molecule has 166 valence electrons. The van der Waals surface area contributed by atoms with Crippen LogP contribution in [0.5, 0.6) is 0 Å². The normalized spacial score (nSPS) is 17.8. The van der Waals surface area contributed by atoms with Gasteiger partial charge in [0, 0.05) is 0 Å². The van der Waals surface area contributed by atoms with Crippen molar-refractivity contribution in [3.8, 4) is 0 Å². The van der Waals surface area contributed by atoms with Gasteiger partial charge >= 0.3 is 18.1 Å². The monoisotopic (exact) mass is 410 g/mol. The molecule has 0 aromatic carbocycles. The molecule has 1 fully saturated rings. The molecule has 0 amide bonds. The van der Waals surface area contributed by atoms with Crippen LogP contribution in [0.1, 0.15) is 92.9 Å².